The molecular weight excluding hydrogens is 232 g/mol. The standard InChI is InChI=1S/C17H20N2/c1-11-8-15-14-5-4-12(2)13-6-7-19(17(13)14)10-16(15)18(3)9-11/h4-8,11,16H,9-10H2,1-3H3/t11-,16-/m1/s1. The van der Waals surface area contributed by atoms with E-state index in [1.165, 1.54) is 34.1 Å². The highest BCUT2D eigenvalue weighted by Crippen LogP contribution is 2.39. The minimum atomic E-state index is 0.544. The van der Waals surface area contributed by atoms with Crippen LogP contribution >= 0.6 is 0 Å². The molecule has 0 bridgehead atoms. The molecule has 2 atom stereocenters. The van der Waals surface area contributed by atoms with Gasteiger partial charge >= 0.3 is 0 Å². The van der Waals surface area contributed by atoms with E-state index >= 15 is 0 Å². The number of benzene rings is 1. The van der Waals surface area contributed by atoms with Crippen molar-refractivity contribution < 1.29 is 0 Å². The van der Waals surface area contributed by atoms with Gasteiger partial charge in [-0.2, -0.15) is 0 Å². The van der Waals surface area contributed by atoms with Gasteiger partial charge in [-0.25, -0.2) is 0 Å². The Morgan fingerprint density at radius 2 is 2.00 bits per heavy atom. The van der Waals surface area contributed by atoms with Crippen LogP contribution in [0.1, 0.15) is 18.1 Å². The largest absolute Gasteiger partial charge is 0.345 e. The molecule has 19 heavy (non-hydrogen) atoms. The van der Waals surface area contributed by atoms with Crippen LogP contribution in [0.4, 0.5) is 0 Å². The van der Waals surface area contributed by atoms with Gasteiger partial charge in [0.1, 0.15) is 0 Å². The Balaban J connectivity index is 2.03. The van der Waals surface area contributed by atoms with E-state index in [9.17, 15) is 0 Å². The lowest BCUT2D eigenvalue weighted by Gasteiger charge is -2.39. The van der Waals surface area contributed by atoms with E-state index in [-0.39, 0.29) is 0 Å². The minimum Gasteiger partial charge on any atom is -0.345 e. The molecule has 1 aromatic carbocycles. The summed E-state index contributed by atoms with van der Waals surface area (Å²) in [5.74, 6) is 0.647. The highest BCUT2D eigenvalue weighted by Gasteiger charge is 2.32. The first-order valence-electron chi connectivity index (χ1n) is 7.16. The van der Waals surface area contributed by atoms with Crippen molar-refractivity contribution in [2.75, 3.05) is 13.6 Å². The number of likely N-dealkylation sites (N-methyl/N-ethyl adjacent to an activating group) is 1. The molecule has 2 aromatic rings. The summed E-state index contributed by atoms with van der Waals surface area (Å²) in [5, 5.41) is 1.41. The third kappa shape index (κ3) is 1.47. The van der Waals surface area contributed by atoms with Crippen LogP contribution in [0.25, 0.3) is 16.5 Å². The number of aromatic nitrogens is 1. The van der Waals surface area contributed by atoms with Crippen LogP contribution in [0.3, 0.4) is 0 Å². The third-order valence-corrected chi connectivity index (χ3v) is 4.76. The SMILES string of the molecule is Cc1ccc2c3c1ccn3C[C@@H]1C2=C[C@@H](C)CN1C. The molecule has 0 radical (unpaired) electrons. The van der Waals surface area contributed by atoms with Gasteiger partial charge in [0.25, 0.3) is 0 Å². The first kappa shape index (κ1) is 11.3. The van der Waals surface area contributed by atoms with Gasteiger partial charge < -0.3 is 4.57 Å². The Morgan fingerprint density at radius 3 is 2.84 bits per heavy atom. The molecule has 0 amide bonds. The van der Waals surface area contributed by atoms with Crippen molar-refractivity contribution in [2.45, 2.75) is 26.4 Å². The number of rotatable bonds is 0. The Labute approximate surface area is 114 Å². The van der Waals surface area contributed by atoms with Crippen LogP contribution in [0.2, 0.25) is 0 Å². The van der Waals surface area contributed by atoms with Crippen LogP contribution in [0, 0.1) is 12.8 Å². The summed E-state index contributed by atoms with van der Waals surface area (Å²) < 4.78 is 2.44. The fourth-order valence-electron chi connectivity index (χ4n) is 3.84. The van der Waals surface area contributed by atoms with Crippen LogP contribution in [0.15, 0.2) is 30.5 Å². The van der Waals surface area contributed by atoms with Crippen LogP contribution in [-0.4, -0.2) is 29.1 Å². The topological polar surface area (TPSA) is 8.17 Å². The van der Waals surface area contributed by atoms with Gasteiger partial charge in [0.05, 0.1) is 11.6 Å². The molecule has 2 aliphatic rings. The molecule has 4 rings (SSSR count). The molecule has 0 saturated carbocycles. The predicted octanol–water partition coefficient (Wildman–Crippen LogP) is 3.30. The predicted molar refractivity (Wildman–Crippen MR) is 80.2 cm³/mol. The molecule has 0 saturated heterocycles. The molecule has 98 valence electrons. The fourth-order valence-corrected chi connectivity index (χ4v) is 3.84. The van der Waals surface area contributed by atoms with Gasteiger partial charge in [-0.1, -0.05) is 25.1 Å². The molecule has 3 heterocycles. The Kier molecular flexibility index (Phi) is 2.22. The van der Waals surface area contributed by atoms with Gasteiger partial charge in [0.2, 0.25) is 0 Å². The summed E-state index contributed by atoms with van der Waals surface area (Å²) in [5.41, 5.74) is 5.80. The number of hydrogen-bond donors (Lipinski definition) is 0. The smallest absolute Gasteiger partial charge is 0.0560 e. The molecule has 0 N–H and O–H groups in total. The molecule has 0 spiro atoms. The second-order valence-corrected chi connectivity index (χ2v) is 6.22. The summed E-state index contributed by atoms with van der Waals surface area (Å²) in [6.07, 6.45) is 4.75. The first-order chi connectivity index (χ1) is 9.15. The van der Waals surface area contributed by atoms with E-state index in [0.717, 1.165) is 6.54 Å². The first-order valence-corrected chi connectivity index (χ1v) is 7.16. The Bertz CT molecular complexity index is 693. The van der Waals surface area contributed by atoms with Gasteiger partial charge in [0.15, 0.2) is 0 Å². The maximum Gasteiger partial charge on any atom is 0.0560 e. The molecule has 1 aromatic heterocycles. The summed E-state index contributed by atoms with van der Waals surface area (Å²) in [6.45, 7) is 6.78. The fraction of sp³-hybridized carbons (Fsp3) is 0.412. The highest BCUT2D eigenvalue weighted by molar-refractivity contribution is 5.96. The molecule has 2 nitrogen and oxygen atoms in total. The average Bonchev–Trinajstić information content (AvgIpc) is 2.79. The summed E-state index contributed by atoms with van der Waals surface area (Å²) in [6, 6.07) is 7.40. The molecule has 0 fully saturated rings. The third-order valence-electron chi connectivity index (χ3n) is 4.76. The molecule has 2 aliphatic heterocycles. The number of nitrogens with zero attached hydrogens (tertiary/aromatic N) is 2. The maximum absolute atomic E-state index is 2.51. The van der Waals surface area contributed by atoms with Crippen molar-refractivity contribution in [3.63, 3.8) is 0 Å². The highest BCUT2D eigenvalue weighted by atomic mass is 15.2. The Hall–Kier alpha value is -1.54. The molecule has 0 aliphatic carbocycles. The number of hydrogen-bond acceptors (Lipinski definition) is 1. The summed E-state index contributed by atoms with van der Waals surface area (Å²) >= 11 is 0. The monoisotopic (exact) mass is 252 g/mol. The zero-order valence-electron chi connectivity index (χ0n) is 11.9. The minimum absolute atomic E-state index is 0.544. The van der Waals surface area contributed by atoms with Crippen LogP contribution < -0.4 is 0 Å². The average molecular weight is 252 g/mol. The molecule has 0 unspecified atom stereocenters. The lowest BCUT2D eigenvalue weighted by Crippen LogP contribution is -2.43. The van der Waals surface area contributed by atoms with Gasteiger partial charge in [-0.15, -0.1) is 0 Å². The van der Waals surface area contributed by atoms with E-state index in [4.69, 9.17) is 0 Å². The summed E-state index contributed by atoms with van der Waals surface area (Å²) in [7, 11) is 2.26. The second kappa shape index (κ2) is 3.73. The van der Waals surface area contributed by atoms with Crippen molar-refractivity contribution in [1.82, 2.24) is 9.47 Å². The number of aryl methyl sites for hydroxylation is 1. The van der Waals surface area contributed by atoms with Crippen molar-refractivity contribution in [3.8, 4) is 0 Å². The van der Waals surface area contributed by atoms with Crippen LogP contribution in [-0.2, 0) is 6.54 Å². The zero-order valence-corrected chi connectivity index (χ0v) is 11.9. The maximum atomic E-state index is 2.51. The zero-order chi connectivity index (χ0) is 13.1. The lowest BCUT2D eigenvalue weighted by atomic mass is 9.86. The molecular formula is C17H20N2. The van der Waals surface area contributed by atoms with Gasteiger partial charge in [0, 0.05) is 30.2 Å². The van der Waals surface area contributed by atoms with Gasteiger partial charge in [-0.05, 0) is 37.1 Å². The summed E-state index contributed by atoms with van der Waals surface area (Å²) in [4.78, 5) is 2.51. The van der Waals surface area contributed by atoms with E-state index in [2.05, 4.69) is 60.8 Å². The van der Waals surface area contributed by atoms with Crippen molar-refractivity contribution in [2.24, 2.45) is 5.92 Å². The second-order valence-electron chi connectivity index (χ2n) is 6.22. The van der Waals surface area contributed by atoms with Crippen molar-refractivity contribution in [1.29, 1.82) is 0 Å². The Morgan fingerprint density at radius 1 is 1.16 bits per heavy atom. The molecule has 2 heteroatoms. The van der Waals surface area contributed by atoms with E-state index < -0.39 is 0 Å². The lowest BCUT2D eigenvalue weighted by molar-refractivity contribution is 0.234. The normalized spacial score (nSPS) is 26.4. The number of fused-ring (bicyclic) bond motifs is 2. The van der Waals surface area contributed by atoms with E-state index in [1.807, 2.05) is 0 Å². The van der Waals surface area contributed by atoms with E-state index in [1.54, 1.807) is 0 Å². The van der Waals surface area contributed by atoms with Crippen LogP contribution in [0.5, 0.6) is 0 Å². The van der Waals surface area contributed by atoms with Crippen molar-refractivity contribution >= 4 is 16.5 Å². The van der Waals surface area contributed by atoms with Crippen molar-refractivity contribution in [3.05, 3.63) is 41.6 Å². The quantitative estimate of drug-likeness (QED) is 0.698. The van der Waals surface area contributed by atoms with Gasteiger partial charge in [-0.3, -0.25) is 4.90 Å². The van der Waals surface area contributed by atoms with E-state index in [0.29, 0.717) is 12.0 Å².